The van der Waals surface area contributed by atoms with Crippen LogP contribution in [-0.2, 0) is 6.18 Å². The largest absolute Gasteiger partial charge is 0.416 e. The van der Waals surface area contributed by atoms with Gasteiger partial charge in [0.1, 0.15) is 0 Å². The van der Waals surface area contributed by atoms with Gasteiger partial charge in [0.25, 0.3) is 5.91 Å². The van der Waals surface area contributed by atoms with Crippen LogP contribution < -0.4 is 5.32 Å². The van der Waals surface area contributed by atoms with Crippen LogP contribution in [0.4, 0.5) is 13.2 Å². The summed E-state index contributed by atoms with van der Waals surface area (Å²) in [6, 6.07) is 2.81. The number of benzene rings is 1. The molecule has 2 N–H and O–H groups in total. The monoisotopic (exact) mass is 311 g/mol. The number of rotatable bonds is 3. The lowest BCUT2D eigenvalue weighted by molar-refractivity contribution is -0.137. The maximum Gasteiger partial charge on any atom is 0.416 e. The van der Waals surface area contributed by atoms with E-state index in [4.69, 9.17) is 5.11 Å². The van der Waals surface area contributed by atoms with Crippen molar-refractivity contribution in [3.63, 3.8) is 0 Å². The molecule has 0 saturated heterocycles. The lowest BCUT2D eigenvalue weighted by Gasteiger charge is -2.10. The molecule has 94 valence electrons. The van der Waals surface area contributed by atoms with E-state index in [1.165, 1.54) is 0 Å². The average Bonchev–Trinajstić information content (AvgIpc) is 2.24. The lowest BCUT2D eigenvalue weighted by atomic mass is 10.1. The van der Waals surface area contributed by atoms with Crippen molar-refractivity contribution in [1.29, 1.82) is 0 Å². The molecular weight excluding hydrogens is 303 g/mol. The molecule has 0 aliphatic rings. The molecule has 0 saturated carbocycles. The van der Waals surface area contributed by atoms with Crippen molar-refractivity contribution in [2.75, 3.05) is 13.2 Å². The van der Waals surface area contributed by atoms with Gasteiger partial charge in [-0.3, -0.25) is 4.79 Å². The fourth-order valence-electron chi connectivity index (χ4n) is 1.14. The molecule has 0 fully saturated rings. The Morgan fingerprint density at radius 2 is 2.06 bits per heavy atom. The summed E-state index contributed by atoms with van der Waals surface area (Å²) in [6.45, 7) is -0.288. The molecule has 0 aliphatic carbocycles. The van der Waals surface area contributed by atoms with E-state index < -0.39 is 17.6 Å². The van der Waals surface area contributed by atoms with Gasteiger partial charge in [0.2, 0.25) is 0 Å². The first-order valence-corrected chi connectivity index (χ1v) is 5.41. The van der Waals surface area contributed by atoms with Crippen LogP contribution in [0, 0.1) is 0 Å². The molecule has 0 heterocycles. The van der Waals surface area contributed by atoms with E-state index in [-0.39, 0.29) is 23.2 Å². The smallest absolute Gasteiger partial charge is 0.395 e. The third-order valence-corrected chi connectivity index (χ3v) is 2.63. The maximum atomic E-state index is 12.4. The summed E-state index contributed by atoms with van der Waals surface area (Å²) >= 11 is 3.00. The predicted molar refractivity (Wildman–Crippen MR) is 58.6 cm³/mol. The first kappa shape index (κ1) is 14.0. The number of hydrogen-bond donors (Lipinski definition) is 2. The fraction of sp³-hybridized carbons (Fsp3) is 0.300. The van der Waals surface area contributed by atoms with Crippen LogP contribution in [0.3, 0.4) is 0 Å². The first-order chi connectivity index (χ1) is 7.86. The topological polar surface area (TPSA) is 49.3 Å². The zero-order chi connectivity index (χ0) is 13.1. The van der Waals surface area contributed by atoms with Crippen molar-refractivity contribution in [2.24, 2.45) is 0 Å². The van der Waals surface area contributed by atoms with E-state index in [9.17, 15) is 18.0 Å². The molecular formula is C10H9BrF3NO2. The molecule has 0 aliphatic heterocycles. The SMILES string of the molecule is O=C(NCCO)c1cc(C(F)(F)F)ccc1Br. The Kier molecular flexibility index (Phi) is 4.53. The van der Waals surface area contributed by atoms with Crippen molar-refractivity contribution in [1.82, 2.24) is 5.32 Å². The number of amides is 1. The summed E-state index contributed by atoms with van der Waals surface area (Å²) in [5.74, 6) is -0.669. The third-order valence-electron chi connectivity index (χ3n) is 1.94. The molecule has 1 amide bonds. The second-order valence-corrected chi connectivity index (χ2v) is 4.03. The van der Waals surface area contributed by atoms with Crippen LogP contribution in [0.2, 0.25) is 0 Å². The van der Waals surface area contributed by atoms with E-state index in [2.05, 4.69) is 21.2 Å². The summed E-state index contributed by atoms with van der Waals surface area (Å²) in [5.41, 5.74) is -1.01. The van der Waals surface area contributed by atoms with Gasteiger partial charge in [0.05, 0.1) is 17.7 Å². The standard InChI is InChI=1S/C10H9BrF3NO2/c11-8-2-1-6(10(12,13)14)5-7(8)9(17)15-3-4-16/h1-2,5,16H,3-4H2,(H,15,17). The predicted octanol–water partition coefficient (Wildman–Crippen LogP) is 2.19. The molecule has 0 bridgehead atoms. The molecule has 1 rings (SSSR count). The fourth-order valence-corrected chi connectivity index (χ4v) is 1.57. The Labute approximate surface area is 104 Å². The van der Waals surface area contributed by atoms with Gasteiger partial charge in [-0.2, -0.15) is 13.2 Å². The summed E-state index contributed by atoms with van der Waals surface area (Å²) < 4.78 is 37.5. The Morgan fingerprint density at radius 3 is 2.59 bits per heavy atom. The van der Waals surface area contributed by atoms with Crippen molar-refractivity contribution < 1.29 is 23.1 Å². The van der Waals surface area contributed by atoms with Gasteiger partial charge in [0.15, 0.2) is 0 Å². The number of aliphatic hydroxyl groups excluding tert-OH is 1. The van der Waals surface area contributed by atoms with Crippen LogP contribution in [0.1, 0.15) is 15.9 Å². The summed E-state index contributed by atoms with van der Waals surface area (Å²) in [4.78, 5) is 11.5. The Hall–Kier alpha value is -1.08. The van der Waals surface area contributed by atoms with Gasteiger partial charge in [-0.05, 0) is 34.1 Å². The van der Waals surface area contributed by atoms with Crippen molar-refractivity contribution >= 4 is 21.8 Å². The van der Waals surface area contributed by atoms with E-state index in [1.54, 1.807) is 0 Å². The highest BCUT2D eigenvalue weighted by molar-refractivity contribution is 9.10. The number of aliphatic hydroxyl groups is 1. The molecule has 0 unspecified atom stereocenters. The molecule has 1 aromatic rings. The summed E-state index contributed by atoms with van der Waals surface area (Å²) in [7, 11) is 0. The van der Waals surface area contributed by atoms with Gasteiger partial charge in [-0.1, -0.05) is 0 Å². The van der Waals surface area contributed by atoms with Gasteiger partial charge in [-0.15, -0.1) is 0 Å². The molecule has 0 aromatic heterocycles. The molecule has 7 heteroatoms. The van der Waals surface area contributed by atoms with Crippen molar-refractivity contribution in [3.8, 4) is 0 Å². The van der Waals surface area contributed by atoms with Crippen LogP contribution >= 0.6 is 15.9 Å². The lowest BCUT2D eigenvalue weighted by Crippen LogP contribution is -2.27. The van der Waals surface area contributed by atoms with E-state index in [0.717, 1.165) is 18.2 Å². The number of carbonyl (C=O) groups is 1. The Balaban J connectivity index is 3.02. The Morgan fingerprint density at radius 1 is 1.41 bits per heavy atom. The minimum absolute atomic E-state index is 0.0124. The normalized spacial score (nSPS) is 11.4. The second kappa shape index (κ2) is 5.50. The first-order valence-electron chi connectivity index (χ1n) is 4.62. The minimum atomic E-state index is -4.49. The Bertz CT molecular complexity index is 421. The van der Waals surface area contributed by atoms with Crippen LogP contribution in [-0.4, -0.2) is 24.2 Å². The van der Waals surface area contributed by atoms with E-state index in [1.807, 2.05) is 0 Å². The van der Waals surface area contributed by atoms with Gasteiger partial charge in [-0.25, -0.2) is 0 Å². The molecule has 3 nitrogen and oxygen atoms in total. The van der Waals surface area contributed by atoms with Crippen molar-refractivity contribution in [2.45, 2.75) is 6.18 Å². The van der Waals surface area contributed by atoms with Gasteiger partial charge >= 0.3 is 6.18 Å². The van der Waals surface area contributed by atoms with Crippen LogP contribution in [0.25, 0.3) is 0 Å². The van der Waals surface area contributed by atoms with Gasteiger partial charge in [0, 0.05) is 11.0 Å². The molecule has 17 heavy (non-hydrogen) atoms. The highest BCUT2D eigenvalue weighted by Crippen LogP contribution is 2.31. The molecule has 0 atom stereocenters. The zero-order valence-corrected chi connectivity index (χ0v) is 10.1. The minimum Gasteiger partial charge on any atom is -0.395 e. The zero-order valence-electron chi connectivity index (χ0n) is 8.51. The number of halogens is 4. The molecule has 1 aromatic carbocycles. The van der Waals surface area contributed by atoms with E-state index in [0.29, 0.717) is 0 Å². The molecule has 0 spiro atoms. The number of nitrogens with one attached hydrogen (secondary N) is 1. The molecule has 0 radical (unpaired) electrons. The number of hydrogen-bond acceptors (Lipinski definition) is 2. The van der Waals surface area contributed by atoms with Crippen LogP contribution in [0.15, 0.2) is 22.7 Å². The second-order valence-electron chi connectivity index (χ2n) is 3.17. The highest BCUT2D eigenvalue weighted by Gasteiger charge is 2.31. The summed E-state index contributed by atoms with van der Waals surface area (Å²) in [6.07, 6.45) is -4.49. The quantitative estimate of drug-likeness (QED) is 0.899. The third kappa shape index (κ3) is 3.71. The number of alkyl halides is 3. The number of carbonyl (C=O) groups excluding carboxylic acids is 1. The summed E-state index contributed by atoms with van der Waals surface area (Å²) in [5, 5.41) is 10.8. The average molecular weight is 312 g/mol. The maximum absolute atomic E-state index is 12.4. The highest BCUT2D eigenvalue weighted by atomic mass is 79.9. The van der Waals surface area contributed by atoms with Gasteiger partial charge < -0.3 is 10.4 Å². The van der Waals surface area contributed by atoms with Crippen LogP contribution in [0.5, 0.6) is 0 Å². The van der Waals surface area contributed by atoms with Crippen molar-refractivity contribution in [3.05, 3.63) is 33.8 Å². The van der Waals surface area contributed by atoms with E-state index >= 15 is 0 Å².